The highest BCUT2D eigenvalue weighted by Crippen LogP contribution is 2.29. The maximum absolute atomic E-state index is 12.0. The second-order valence-electron chi connectivity index (χ2n) is 6.49. The molecule has 0 saturated carbocycles. The molecule has 1 N–H and O–H groups in total. The molecule has 0 amide bonds. The SMILES string of the molecule is CCC(=O)c1cn2cccc(Nc3ccc(-n4cnc(C)c4)c(OC)c3)c2n1. The fourth-order valence-electron chi connectivity index (χ4n) is 3.10. The maximum atomic E-state index is 12.0. The molecule has 0 spiro atoms. The number of ether oxygens (including phenoxy) is 1. The molecule has 1 aromatic carbocycles. The van der Waals surface area contributed by atoms with Gasteiger partial charge in [-0.25, -0.2) is 9.97 Å². The zero-order valence-electron chi connectivity index (χ0n) is 16.0. The van der Waals surface area contributed by atoms with Crippen molar-refractivity contribution in [3.8, 4) is 11.4 Å². The standard InChI is InChI=1S/C21H21N5O2/c1-4-19(27)17-12-25-9-5-6-16(21(25)24-17)23-15-7-8-18(20(10-15)28-3)26-11-14(2)22-13-26/h5-13,23H,4H2,1-3H3. The molecule has 4 aromatic rings. The van der Waals surface area contributed by atoms with Crippen LogP contribution in [0.15, 0.2) is 55.2 Å². The third kappa shape index (κ3) is 3.22. The van der Waals surface area contributed by atoms with Crippen molar-refractivity contribution >= 4 is 22.8 Å². The molecule has 3 aromatic heterocycles. The van der Waals surface area contributed by atoms with Gasteiger partial charge in [0.2, 0.25) is 0 Å². The number of aromatic nitrogens is 4. The number of methoxy groups -OCH3 is 1. The molecule has 0 unspecified atom stereocenters. The predicted molar refractivity (Wildman–Crippen MR) is 108 cm³/mol. The van der Waals surface area contributed by atoms with Crippen molar-refractivity contribution in [1.29, 1.82) is 0 Å². The molecular weight excluding hydrogens is 354 g/mol. The van der Waals surface area contributed by atoms with E-state index in [1.807, 2.05) is 65.5 Å². The predicted octanol–water partition coefficient (Wildman–Crippen LogP) is 4.17. The molecule has 0 radical (unpaired) electrons. The van der Waals surface area contributed by atoms with Gasteiger partial charge in [-0.1, -0.05) is 6.92 Å². The Labute approximate surface area is 162 Å². The van der Waals surface area contributed by atoms with E-state index in [0.29, 0.717) is 17.8 Å². The van der Waals surface area contributed by atoms with Crippen LogP contribution in [0.4, 0.5) is 11.4 Å². The number of carbonyl (C=O) groups excluding carboxylic acids is 1. The lowest BCUT2D eigenvalue weighted by Crippen LogP contribution is -1.99. The Morgan fingerprint density at radius 2 is 2.11 bits per heavy atom. The summed E-state index contributed by atoms with van der Waals surface area (Å²) in [6.45, 7) is 3.78. The molecular formula is C21H21N5O2. The minimum atomic E-state index is 0.0243. The zero-order valence-corrected chi connectivity index (χ0v) is 16.0. The topological polar surface area (TPSA) is 73.5 Å². The number of imidazole rings is 2. The average Bonchev–Trinajstić information content (AvgIpc) is 3.34. The van der Waals surface area contributed by atoms with Crippen LogP contribution in [0.25, 0.3) is 11.3 Å². The van der Waals surface area contributed by atoms with E-state index in [4.69, 9.17) is 4.74 Å². The summed E-state index contributed by atoms with van der Waals surface area (Å²) in [5, 5.41) is 3.38. The Morgan fingerprint density at radius 1 is 1.25 bits per heavy atom. The summed E-state index contributed by atoms with van der Waals surface area (Å²) in [4.78, 5) is 20.8. The molecule has 4 rings (SSSR count). The fourth-order valence-corrected chi connectivity index (χ4v) is 3.10. The number of pyridine rings is 1. The van der Waals surface area contributed by atoms with E-state index in [1.165, 1.54) is 0 Å². The second kappa shape index (κ2) is 7.19. The highest BCUT2D eigenvalue weighted by molar-refractivity contribution is 5.95. The summed E-state index contributed by atoms with van der Waals surface area (Å²) in [6, 6.07) is 9.71. The van der Waals surface area contributed by atoms with E-state index >= 15 is 0 Å². The number of carbonyl (C=O) groups is 1. The van der Waals surface area contributed by atoms with Gasteiger partial charge in [0, 0.05) is 36.8 Å². The lowest BCUT2D eigenvalue weighted by Gasteiger charge is -2.13. The van der Waals surface area contributed by atoms with Crippen LogP contribution in [-0.4, -0.2) is 31.8 Å². The normalized spacial score (nSPS) is 11.0. The first-order valence-corrected chi connectivity index (χ1v) is 9.06. The van der Waals surface area contributed by atoms with Crippen LogP contribution >= 0.6 is 0 Å². The van der Waals surface area contributed by atoms with E-state index < -0.39 is 0 Å². The summed E-state index contributed by atoms with van der Waals surface area (Å²) in [6.07, 6.45) is 7.78. The summed E-state index contributed by atoms with van der Waals surface area (Å²) >= 11 is 0. The minimum Gasteiger partial charge on any atom is -0.494 e. The number of fused-ring (bicyclic) bond motifs is 1. The number of anilines is 2. The smallest absolute Gasteiger partial charge is 0.182 e. The zero-order chi connectivity index (χ0) is 19.7. The van der Waals surface area contributed by atoms with Gasteiger partial charge in [0.15, 0.2) is 11.4 Å². The number of nitrogens with one attached hydrogen (secondary N) is 1. The molecule has 7 heteroatoms. The van der Waals surface area contributed by atoms with Crippen LogP contribution < -0.4 is 10.1 Å². The Morgan fingerprint density at radius 3 is 2.82 bits per heavy atom. The molecule has 0 fully saturated rings. The first-order chi connectivity index (χ1) is 13.6. The summed E-state index contributed by atoms with van der Waals surface area (Å²) in [5.74, 6) is 0.746. The highest BCUT2D eigenvalue weighted by Gasteiger charge is 2.12. The van der Waals surface area contributed by atoms with Crippen LogP contribution in [0, 0.1) is 6.92 Å². The molecule has 0 saturated heterocycles. The number of benzene rings is 1. The van der Waals surface area contributed by atoms with E-state index in [-0.39, 0.29) is 5.78 Å². The first-order valence-electron chi connectivity index (χ1n) is 9.06. The van der Waals surface area contributed by atoms with E-state index in [2.05, 4.69) is 15.3 Å². The number of aryl methyl sites for hydroxylation is 1. The van der Waals surface area contributed by atoms with Gasteiger partial charge in [0.05, 0.1) is 30.5 Å². The average molecular weight is 375 g/mol. The quantitative estimate of drug-likeness (QED) is 0.512. The highest BCUT2D eigenvalue weighted by atomic mass is 16.5. The number of nitrogens with zero attached hydrogens (tertiary/aromatic N) is 4. The molecule has 0 atom stereocenters. The van der Waals surface area contributed by atoms with E-state index in [9.17, 15) is 4.79 Å². The molecule has 0 aliphatic heterocycles. The molecule has 3 heterocycles. The summed E-state index contributed by atoms with van der Waals surface area (Å²) < 4.78 is 9.35. The Bertz CT molecular complexity index is 1160. The summed E-state index contributed by atoms with van der Waals surface area (Å²) in [7, 11) is 1.64. The van der Waals surface area contributed by atoms with Crippen LogP contribution in [0.2, 0.25) is 0 Å². The van der Waals surface area contributed by atoms with Crippen molar-refractivity contribution in [2.45, 2.75) is 20.3 Å². The van der Waals surface area contributed by atoms with Gasteiger partial charge in [-0.2, -0.15) is 0 Å². The van der Waals surface area contributed by atoms with Gasteiger partial charge in [0.1, 0.15) is 11.4 Å². The third-order valence-corrected chi connectivity index (χ3v) is 4.54. The van der Waals surface area contributed by atoms with Crippen molar-refractivity contribution < 1.29 is 9.53 Å². The van der Waals surface area contributed by atoms with Crippen LogP contribution in [0.3, 0.4) is 0 Å². The van der Waals surface area contributed by atoms with Gasteiger partial charge in [0.25, 0.3) is 0 Å². The number of Topliss-reactive ketones (excluding diaryl/α,β-unsaturated/α-hetero) is 1. The molecule has 0 aliphatic carbocycles. The van der Waals surface area contributed by atoms with Crippen LogP contribution in [-0.2, 0) is 0 Å². The molecule has 142 valence electrons. The number of ketones is 1. The van der Waals surface area contributed by atoms with Crippen LogP contribution in [0.1, 0.15) is 29.5 Å². The van der Waals surface area contributed by atoms with Crippen LogP contribution in [0.5, 0.6) is 5.75 Å². The molecule has 0 aliphatic rings. The van der Waals surface area contributed by atoms with Crippen molar-refractivity contribution in [1.82, 2.24) is 18.9 Å². The van der Waals surface area contributed by atoms with Crippen molar-refractivity contribution in [3.05, 3.63) is 66.6 Å². The largest absolute Gasteiger partial charge is 0.494 e. The maximum Gasteiger partial charge on any atom is 0.182 e. The molecule has 28 heavy (non-hydrogen) atoms. The van der Waals surface area contributed by atoms with Crippen molar-refractivity contribution in [2.75, 3.05) is 12.4 Å². The lowest BCUT2D eigenvalue weighted by molar-refractivity contribution is 0.0984. The summed E-state index contributed by atoms with van der Waals surface area (Å²) in [5.41, 5.74) is 4.69. The van der Waals surface area contributed by atoms with Crippen molar-refractivity contribution in [3.63, 3.8) is 0 Å². The lowest BCUT2D eigenvalue weighted by atomic mass is 10.2. The second-order valence-corrected chi connectivity index (χ2v) is 6.49. The van der Waals surface area contributed by atoms with Gasteiger partial charge < -0.3 is 19.0 Å². The Hall–Kier alpha value is -3.61. The van der Waals surface area contributed by atoms with Gasteiger partial charge in [-0.15, -0.1) is 0 Å². The van der Waals surface area contributed by atoms with Gasteiger partial charge in [-0.3, -0.25) is 4.79 Å². The Kier molecular flexibility index (Phi) is 4.57. The number of hydrogen-bond acceptors (Lipinski definition) is 5. The van der Waals surface area contributed by atoms with E-state index in [1.54, 1.807) is 19.6 Å². The molecule has 7 nitrogen and oxygen atoms in total. The minimum absolute atomic E-state index is 0.0243. The molecule has 0 bridgehead atoms. The van der Waals surface area contributed by atoms with E-state index in [0.717, 1.165) is 28.5 Å². The first kappa shape index (κ1) is 17.8. The Balaban J connectivity index is 1.69. The monoisotopic (exact) mass is 375 g/mol. The van der Waals surface area contributed by atoms with Gasteiger partial charge >= 0.3 is 0 Å². The van der Waals surface area contributed by atoms with Crippen molar-refractivity contribution in [2.24, 2.45) is 0 Å². The third-order valence-electron chi connectivity index (χ3n) is 4.54. The van der Waals surface area contributed by atoms with Gasteiger partial charge in [-0.05, 0) is 31.2 Å². The number of hydrogen-bond donors (Lipinski definition) is 1. The number of rotatable bonds is 6. The fraction of sp³-hybridized carbons (Fsp3) is 0.190.